The fourth-order valence-electron chi connectivity index (χ4n) is 1.92. The van der Waals surface area contributed by atoms with Crippen LogP contribution in [0.4, 0.5) is 13.2 Å². The SMILES string of the molecule is O=C(O)C1(c2ccc(CC(F)(F)F)cc2)CC1. The first-order valence-electron chi connectivity index (χ1n) is 5.23. The number of alkyl halides is 3. The molecule has 1 aromatic carbocycles. The number of carboxylic acid groups (broad SMARTS) is 1. The molecule has 0 bridgehead atoms. The molecule has 0 spiro atoms. The fraction of sp³-hybridized carbons (Fsp3) is 0.417. The summed E-state index contributed by atoms with van der Waals surface area (Å²) < 4.78 is 36.4. The highest BCUT2D eigenvalue weighted by atomic mass is 19.4. The van der Waals surface area contributed by atoms with Crippen LogP contribution in [0.2, 0.25) is 0 Å². The molecule has 0 unspecified atom stereocenters. The molecule has 0 atom stereocenters. The van der Waals surface area contributed by atoms with Crippen LogP contribution in [0, 0.1) is 0 Å². The molecule has 1 fully saturated rings. The van der Waals surface area contributed by atoms with E-state index in [9.17, 15) is 18.0 Å². The van der Waals surface area contributed by atoms with E-state index in [1.54, 1.807) is 0 Å². The van der Waals surface area contributed by atoms with Gasteiger partial charge in [0.1, 0.15) is 0 Å². The van der Waals surface area contributed by atoms with E-state index in [0.29, 0.717) is 18.4 Å². The monoisotopic (exact) mass is 244 g/mol. The lowest BCUT2D eigenvalue weighted by Gasteiger charge is -2.11. The minimum absolute atomic E-state index is 0.155. The first-order valence-corrected chi connectivity index (χ1v) is 5.23. The van der Waals surface area contributed by atoms with Gasteiger partial charge in [0.2, 0.25) is 0 Å². The molecule has 5 heteroatoms. The average Bonchev–Trinajstić information content (AvgIpc) is 2.97. The van der Waals surface area contributed by atoms with Crippen molar-refractivity contribution in [1.82, 2.24) is 0 Å². The summed E-state index contributed by atoms with van der Waals surface area (Å²) in [6, 6.07) is 5.68. The highest BCUT2D eigenvalue weighted by molar-refractivity contribution is 5.84. The molecule has 1 aromatic rings. The summed E-state index contributed by atoms with van der Waals surface area (Å²) in [5.74, 6) is -0.902. The Kier molecular flexibility index (Phi) is 2.64. The molecule has 0 radical (unpaired) electrons. The average molecular weight is 244 g/mol. The predicted octanol–water partition coefficient (Wildman–Crippen LogP) is 2.91. The number of hydrogen-bond donors (Lipinski definition) is 1. The second-order valence-electron chi connectivity index (χ2n) is 4.38. The van der Waals surface area contributed by atoms with E-state index in [1.165, 1.54) is 24.3 Å². The van der Waals surface area contributed by atoms with Crippen LogP contribution in [0.25, 0.3) is 0 Å². The van der Waals surface area contributed by atoms with E-state index in [0.717, 1.165) is 0 Å². The number of carboxylic acids is 1. The molecule has 0 saturated heterocycles. The quantitative estimate of drug-likeness (QED) is 0.887. The fourth-order valence-corrected chi connectivity index (χ4v) is 1.92. The Morgan fingerprint density at radius 2 is 1.76 bits per heavy atom. The molecule has 1 N–H and O–H groups in total. The molecule has 0 heterocycles. The zero-order valence-electron chi connectivity index (χ0n) is 8.92. The summed E-state index contributed by atoms with van der Waals surface area (Å²) in [4.78, 5) is 11.0. The predicted molar refractivity (Wildman–Crippen MR) is 54.7 cm³/mol. The van der Waals surface area contributed by atoms with E-state index in [4.69, 9.17) is 5.11 Å². The summed E-state index contributed by atoms with van der Waals surface area (Å²) in [5.41, 5.74) is -0.102. The molecule has 92 valence electrons. The first kappa shape index (κ1) is 12.0. The van der Waals surface area contributed by atoms with Crippen molar-refractivity contribution >= 4 is 5.97 Å². The molecular formula is C12H11F3O2. The second-order valence-corrected chi connectivity index (χ2v) is 4.38. The Hall–Kier alpha value is -1.52. The van der Waals surface area contributed by atoms with E-state index in [1.807, 2.05) is 0 Å². The Morgan fingerprint density at radius 3 is 2.12 bits per heavy atom. The van der Waals surface area contributed by atoms with Crippen molar-refractivity contribution in [3.63, 3.8) is 0 Å². The van der Waals surface area contributed by atoms with Crippen LogP contribution in [0.15, 0.2) is 24.3 Å². The number of benzene rings is 1. The van der Waals surface area contributed by atoms with Gasteiger partial charge in [-0.1, -0.05) is 24.3 Å². The van der Waals surface area contributed by atoms with Crippen LogP contribution >= 0.6 is 0 Å². The zero-order chi connectivity index (χ0) is 12.7. The number of hydrogen-bond acceptors (Lipinski definition) is 1. The maximum atomic E-state index is 12.1. The highest BCUT2D eigenvalue weighted by Gasteiger charge is 2.51. The maximum Gasteiger partial charge on any atom is 0.393 e. The second kappa shape index (κ2) is 3.75. The van der Waals surface area contributed by atoms with Crippen molar-refractivity contribution < 1.29 is 23.1 Å². The smallest absolute Gasteiger partial charge is 0.393 e. The summed E-state index contributed by atoms with van der Waals surface area (Å²) in [6.45, 7) is 0. The van der Waals surface area contributed by atoms with Gasteiger partial charge < -0.3 is 5.11 Å². The van der Waals surface area contributed by atoms with Crippen molar-refractivity contribution in [3.05, 3.63) is 35.4 Å². The molecule has 17 heavy (non-hydrogen) atoms. The van der Waals surface area contributed by atoms with Crippen molar-refractivity contribution in [3.8, 4) is 0 Å². The molecule has 0 aliphatic heterocycles. The number of carbonyl (C=O) groups is 1. The first-order chi connectivity index (χ1) is 7.83. The lowest BCUT2D eigenvalue weighted by Crippen LogP contribution is -2.19. The Balaban J connectivity index is 2.17. The molecule has 1 aliphatic carbocycles. The van der Waals surface area contributed by atoms with Gasteiger partial charge in [-0.15, -0.1) is 0 Å². The third-order valence-corrected chi connectivity index (χ3v) is 3.07. The van der Waals surface area contributed by atoms with Gasteiger partial charge in [-0.05, 0) is 24.0 Å². The van der Waals surface area contributed by atoms with E-state index in [-0.39, 0.29) is 5.56 Å². The Labute approximate surface area is 96.1 Å². The topological polar surface area (TPSA) is 37.3 Å². The summed E-state index contributed by atoms with van der Waals surface area (Å²) in [6.07, 6.45) is -4.10. The Bertz CT molecular complexity index is 430. The zero-order valence-corrected chi connectivity index (χ0v) is 8.92. The van der Waals surface area contributed by atoms with E-state index >= 15 is 0 Å². The normalized spacial score (nSPS) is 17.8. The minimum Gasteiger partial charge on any atom is -0.481 e. The van der Waals surface area contributed by atoms with Crippen molar-refractivity contribution in [2.75, 3.05) is 0 Å². The third-order valence-electron chi connectivity index (χ3n) is 3.07. The van der Waals surface area contributed by atoms with Gasteiger partial charge in [0.05, 0.1) is 11.8 Å². The van der Waals surface area contributed by atoms with E-state index in [2.05, 4.69) is 0 Å². The molecule has 0 aromatic heterocycles. The summed E-state index contributed by atoms with van der Waals surface area (Å²) >= 11 is 0. The van der Waals surface area contributed by atoms with Crippen LogP contribution in [0.1, 0.15) is 24.0 Å². The van der Waals surface area contributed by atoms with Gasteiger partial charge in [0.25, 0.3) is 0 Å². The molecule has 1 saturated carbocycles. The van der Waals surface area contributed by atoms with Gasteiger partial charge in [-0.2, -0.15) is 13.2 Å². The molecular weight excluding hydrogens is 233 g/mol. The van der Waals surface area contributed by atoms with Crippen molar-refractivity contribution in [2.24, 2.45) is 0 Å². The van der Waals surface area contributed by atoms with Gasteiger partial charge in [-0.25, -0.2) is 0 Å². The number of aliphatic carboxylic acids is 1. The third kappa shape index (κ3) is 2.43. The van der Waals surface area contributed by atoms with Crippen LogP contribution in [-0.4, -0.2) is 17.3 Å². The van der Waals surface area contributed by atoms with Crippen LogP contribution in [0.3, 0.4) is 0 Å². The highest BCUT2D eigenvalue weighted by Crippen LogP contribution is 2.48. The lowest BCUT2D eigenvalue weighted by atomic mass is 9.95. The largest absolute Gasteiger partial charge is 0.481 e. The molecule has 2 rings (SSSR count). The van der Waals surface area contributed by atoms with Crippen LogP contribution in [0.5, 0.6) is 0 Å². The van der Waals surface area contributed by atoms with Crippen molar-refractivity contribution in [2.45, 2.75) is 30.9 Å². The molecule has 0 amide bonds. The summed E-state index contributed by atoms with van der Waals surface area (Å²) in [7, 11) is 0. The lowest BCUT2D eigenvalue weighted by molar-refractivity contribution is -0.140. The van der Waals surface area contributed by atoms with Gasteiger partial charge in [0, 0.05) is 0 Å². The number of rotatable bonds is 3. The van der Waals surface area contributed by atoms with Gasteiger partial charge >= 0.3 is 12.1 Å². The standard InChI is InChI=1S/C12H11F3O2/c13-12(14,15)7-8-1-3-9(4-2-8)11(5-6-11)10(16)17/h1-4H,5-7H2,(H,16,17). The van der Waals surface area contributed by atoms with Gasteiger partial charge in [-0.3, -0.25) is 4.79 Å². The minimum atomic E-state index is -4.23. The van der Waals surface area contributed by atoms with E-state index < -0.39 is 24.0 Å². The van der Waals surface area contributed by atoms with Gasteiger partial charge in [0.15, 0.2) is 0 Å². The van der Waals surface area contributed by atoms with Crippen LogP contribution in [-0.2, 0) is 16.6 Å². The van der Waals surface area contributed by atoms with Crippen LogP contribution < -0.4 is 0 Å². The summed E-state index contributed by atoms with van der Waals surface area (Å²) in [5, 5.41) is 9.03. The maximum absolute atomic E-state index is 12.1. The van der Waals surface area contributed by atoms with Crippen molar-refractivity contribution in [1.29, 1.82) is 0 Å². The molecule has 2 nitrogen and oxygen atoms in total. The number of halogens is 3. The Morgan fingerprint density at radius 1 is 1.24 bits per heavy atom. The molecule has 1 aliphatic rings.